The van der Waals surface area contributed by atoms with Crippen molar-refractivity contribution in [3.05, 3.63) is 83.5 Å². The van der Waals surface area contributed by atoms with Crippen molar-refractivity contribution >= 4 is 43.9 Å². The van der Waals surface area contributed by atoms with Gasteiger partial charge in [-0.25, -0.2) is 13.4 Å². The van der Waals surface area contributed by atoms with Crippen molar-refractivity contribution in [2.24, 2.45) is 4.99 Å². The number of anilines is 1. The molecule has 4 rings (SSSR count). The van der Waals surface area contributed by atoms with Gasteiger partial charge in [0.15, 0.2) is 0 Å². The number of aliphatic imine (C=N–C) groups is 1. The fourth-order valence-corrected chi connectivity index (χ4v) is 4.95. The van der Waals surface area contributed by atoms with Crippen molar-refractivity contribution in [1.82, 2.24) is 15.2 Å². The summed E-state index contributed by atoms with van der Waals surface area (Å²) in [5, 5.41) is 5.70. The predicted octanol–water partition coefficient (Wildman–Crippen LogP) is 4.65. The molecule has 9 heteroatoms. The van der Waals surface area contributed by atoms with Crippen LogP contribution in [0, 0.1) is 0 Å². The molecule has 0 saturated carbocycles. The fourth-order valence-electron chi connectivity index (χ4n) is 3.78. The third kappa shape index (κ3) is 5.30. The molecule has 1 aliphatic heterocycles. The predicted molar refractivity (Wildman–Crippen MR) is 141 cm³/mol. The van der Waals surface area contributed by atoms with Crippen LogP contribution in [-0.4, -0.2) is 50.3 Å². The lowest BCUT2D eigenvalue weighted by molar-refractivity contribution is 0.356. The molecule has 0 spiro atoms. The van der Waals surface area contributed by atoms with Crippen molar-refractivity contribution in [1.29, 1.82) is 0 Å². The minimum atomic E-state index is -3.91. The molecule has 2 N–H and O–H groups in total. The smallest absolute Gasteiger partial charge is 0.263 e. The Balaban J connectivity index is 1.63. The summed E-state index contributed by atoms with van der Waals surface area (Å²) in [7, 11) is -3.91. The summed E-state index contributed by atoms with van der Waals surface area (Å²) in [6.07, 6.45) is 4.32. The van der Waals surface area contributed by atoms with Gasteiger partial charge in [-0.3, -0.25) is 9.71 Å². The number of nitrogens with one attached hydrogen (secondary N) is 2. The molecule has 7 nitrogen and oxygen atoms in total. The number of piperazine rings is 1. The minimum absolute atomic E-state index is 0.0261. The summed E-state index contributed by atoms with van der Waals surface area (Å²) in [4.78, 5) is 11.0. The van der Waals surface area contributed by atoms with Crippen LogP contribution < -0.4 is 10.0 Å². The molecule has 34 heavy (non-hydrogen) atoms. The molecule has 1 aromatic heterocycles. The molecule has 1 fully saturated rings. The third-order valence-corrected chi connectivity index (χ3v) is 7.34. The molecule has 1 aliphatic rings. The van der Waals surface area contributed by atoms with Crippen molar-refractivity contribution in [2.45, 2.75) is 6.92 Å². The Kier molecular flexibility index (Phi) is 7.31. The second-order valence-corrected chi connectivity index (χ2v) is 9.92. The molecule has 1 saturated heterocycles. The van der Waals surface area contributed by atoms with Gasteiger partial charge in [0.05, 0.1) is 10.7 Å². The van der Waals surface area contributed by atoms with Crippen LogP contribution in [-0.2, 0) is 10.0 Å². The van der Waals surface area contributed by atoms with E-state index in [0.717, 1.165) is 42.8 Å². The number of amidine groups is 1. The molecule has 0 bridgehead atoms. The quantitative estimate of drug-likeness (QED) is 0.295. The summed E-state index contributed by atoms with van der Waals surface area (Å²) in [6.45, 7) is 8.92. The molecule has 2 aromatic carbocycles. The molecule has 0 atom stereocenters. The van der Waals surface area contributed by atoms with Crippen LogP contribution in [0.1, 0.15) is 6.92 Å². The summed E-state index contributed by atoms with van der Waals surface area (Å²) in [5.74, 6) is 0.756. The molecule has 2 heterocycles. The topological polar surface area (TPSA) is 86.7 Å². The minimum Gasteiger partial charge on any atom is -0.358 e. The Morgan fingerprint density at radius 3 is 2.74 bits per heavy atom. The van der Waals surface area contributed by atoms with Crippen LogP contribution in [0.4, 0.5) is 5.69 Å². The van der Waals surface area contributed by atoms with Gasteiger partial charge in [-0.1, -0.05) is 42.4 Å². The van der Waals surface area contributed by atoms with E-state index in [1.54, 1.807) is 24.4 Å². The van der Waals surface area contributed by atoms with Crippen molar-refractivity contribution in [3.8, 4) is 11.3 Å². The summed E-state index contributed by atoms with van der Waals surface area (Å²) < 4.78 is 28.8. The van der Waals surface area contributed by atoms with Crippen molar-refractivity contribution < 1.29 is 8.42 Å². The number of pyridine rings is 1. The number of allylic oxidation sites excluding steroid dienone is 1. The second kappa shape index (κ2) is 10.4. The van der Waals surface area contributed by atoms with E-state index in [0.29, 0.717) is 22.0 Å². The summed E-state index contributed by atoms with van der Waals surface area (Å²) in [6, 6.07) is 14.7. The summed E-state index contributed by atoms with van der Waals surface area (Å²) in [5.41, 5.74) is 1.68. The van der Waals surface area contributed by atoms with Crippen LogP contribution in [0.25, 0.3) is 22.0 Å². The SMILES string of the molecule is C=C/C(=C\N=C(C)N1CCNCC1)S(=O)(=O)Nc1ccc(Cl)c(-c2nccc3ccccc23)c1. The Hall–Kier alpha value is -3.20. The van der Waals surface area contributed by atoms with E-state index in [9.17, 15) is 8.42 Å². The lowest BCUT2D eigenvalue weighted by atomic mass is 10.0. The van der Waals surface area contributed by atoms with Crippen LogP contribution >= 0.6 is 11.6 Å². The number of aromatic nitrogens is 1. The van der Waals surface area contributed by atoms with Gasteiger partial charge in [0.25, 0.3) is 10.0 Å². The van der Waals surface area contributed by atoms with Gasteiger partial charge >= 0.3 is 0 Å². The highest BCUT2D eigenvalue weighted by Crippen LogP contribution is 2.34. The number of fused-ring (bicyclic) bond motifs is 1. The standard InChI is InChI=1S/C25H26ClN5O2S/c1-3-21(17-29-18(2)31-14-12-27-13-15-31)34(32,33)30-20-8-9-24(26)23(16-20)25-22-7-5-4-6-19(22)10-11-28-25/h3-11,16-17,27,30H,1,12-15H2,2H3/b21-17+,29-18?. The van der Waals surface area contributed by atoms with Gasteiger partial charge in [0, 0.05) is 55.2 Å². The average molecular weight is 496 g/mol. The first-order valence-electron chi connectivity index (χ1n) is 10.9. The zero-order chi connectivity index (χ0) is 24.1. The fraction of sp³-hybridized carbons (Fsp3) is 0.200. The molecule has 0 unspecified atom stereocenters. The number of sulfonamides is 1. The number of benzene rings is 2. The second-order valence-electron chi connectivity index (χ2n) is 7.83. The molecule has 0 amide bonds. The number of hydrogen-bond acceptors (Lipinski definition) is 5. The van der Waals surface area contributed by atoms with E-state index in [1.165, 1.54) is 12.3 Å². The highest BCUT2D eigenvalue weighted by molar-refractivity contribution is 7.96. The monoisotopic (exact) mass is 495 g/mol. The van der Waals surface area contributed by atoms with Gasteiger partial charge in [0.1, 0.15) is 10.7 Å². The number of nitrogens with zero attached hydrogens (tertiary/aromatic N) is 3. The van der Waals surface area contributed by atoms with E-state index in [2.05, 4.69) is 31.5 Å². The van der Waals surface area contributed by atoms with E-state index in [4.69, 9.17) is 11.6 Å². The largest absolute Gasteiger partial charge is 0.358 e. The number of rotatable bonds is 6. The van der Waals surface area contributed by atoms with Crippen LogP contribution in [0.3, 0.4) is 0 Å². The van der Waals surface area contributed by atoms with Crippen LogP contribution in [0.2, 0.25) is 5.02 Å². The van der Waals surface area contributed by atoms with Gasteiger partial charge in [0.2, 0.25) is 0 Å². The third-order valence-electron chi connectivity index (χ3n) is 5.61. The summed E-state index contributed by atoms with van der Waals surface area (Å²) >= 11 is 6.48. The van der Waals surface area contributed by atoms with E-state index in [-0.39, 0.29) is 4.91 Å². The van der Waals surface area contributed by atoms with Crippen LogP contribution in [0.5, 0.6) is 0 Å². The lowest BCUT2D eigenvalue weighted by Crippen LogP contribution is -2.45. The van der Waals surface area contributed by atoms with E-state index >= 15 is 0 Å². The van der Waals surface area contributed by atoms with Crippen molar-refractivity contribution in [3.63, 3.8) is 0 Å². The molecule has 3 aromatic rings. The van der Waals surface area contributed by atoms with Crippen LogP contribution in [0.15, 0.2) is 83.5 Å². The zero-order valence-electron chi connectivity index (χ0n) is 18.8. The van der Waals surface area contributed by atoms with Gasteiger partial charge in [-0.15, -0.1) is 0 Å². The number of halogens is 1. The maximum absolute atomic E-state index is 13.1. The Morgan fingerprint density at radius 2 is 1.97 bits per heavy atom. The highest BCUT2D eigenvalue weighted by Gasteiger charge is 2.18. The van der Waals surface area contributed by atoms with Gasteiger partial charge in [-0.05, 0) is 42.7 Å². The average Bonchev–Trinajstić information content (AvgIpc) is 2.85. The molecular weight excluding hydrogens is 470 g/mol. The number of hydrogen-bond donors (Lipinski definition) is 2. The Bertz CT molecular complexity index is 1370. The molecular formula is C25H26ClN5O2S. The molecule has 0 radical (unpaired) electrons. The maximum Gasteiger partial charge on any atom is 0.263 e. The van der Waals surface area contributed by atoms with Gasteiger partial charge < -0.3 is 10.2 Å². The normalized spacial score (nSPS) is 15.4. The molecule has 0 aliphatic carbocycles. The highest BCUT2D eigenvalue weighted by atomic mass is 35.5. The first-order chi connectivity index (χ1) is 16.4. The first kappa shape index (κ1) is 23.9. The molecule has 176 valence electrons. The van der Waals surface area contributed by atoms with Crippen molar-refractivity contribution in [2.75, 3.05) is 30.9 Å². The zero-order valence-corrected chi connectivity index (χ0v) is 20.4. The maximum atomic E-state index is 13.1. The lowest BCUT2D eigenvalue weighted by Gasteiger charge is -2.28. The van der Waals surface area contributed by atoms with Gasteiger partial charge in [-0.2, -0.15) is 0 Å². The first-order valence-corrected chi connectivity index (χ1v) is 12.7. The van der Waals surface area contributed by atoms with E-state index in [1.807, 2.05) is 37.3 Å². The Labute approximate surface area is 204 Å². The van der Waals surface area contributed by atoms with E-state index < -0.39 is 10.0 Å². The Morgan fingerprint density at radius 1 is 1.21 bits per heavy atom.